The number of benzene rings is 2. The van der Waals surface area contributed by atoms with Crippen molar-refractivity contribution in [3.05, 3.63) is 71.5 Å². The van der Waals surface area contributed by atoms with Gasteiger partial charge in [0.2, 0.25) is 0 Å². The highest BCUT2D eigenvalue weighted by molar-refractivity contribution is 5.25. The Kier molecular flexibility index (Phi) is 3.32. The van der Waals surface area contributed by atoms with Crippen molar-refractivity contribution >= 4 is 0 Å². The number of β-amino-alcohol motifs (C(OH)–C–C–N with tert-alkyl or cyclic N) is 1. The van der Waals surface area contributed by atoms with Crippen LogP contribution in [0.5, 0.6) is 0 Å². The van der Waals surface area contributed by atoms with Crippen molar-refractivity contribution in [3.8, 4) is 0 Å². The van der Waals surface area contributed by atoms with Crippen molar-refractivity contribution in [1.29, 1.82) is 0 Å². The van der Waals surface area contributed by atoms with E-state index in [9.17, 15) is 9.50 Å². The van der Waals surface area contributed by atoms with Crippen LogP contribution in [0.3, 0.4) is 0 Å². The van der Waals surface area contributed by atoms with Crippen LogP contribution in [0.2, 0.25) is 0 Å². The molecule has 3 unspecified atom stereocenters. The quantitative estimate of drug-likeness (QED) is 0.851. The molecule has 2 aromatic carbocycles. The van der Waals surface area contributed by atoms with Gasteiger partial charge in [-0.15, -0.1) is 0 Å². The highest BCUT2D eigenvalue weighted by Crippen LogP contribution is 2.36. The van der Waals surface area contributed by atoms with Crippen molar-refractivity contribution in [2.24, 2.45) is 0 Å². The van der Waals surface area contributed by atoms with Gasteiger partial charge in [-0.2, -0.15) is 0 Å². The predicted octanol–water partition coefficient (Wildman–Crippen LogP) is 2.92. The van der Waals surface area contributed by atoms with Crippen molar-refractivity contribution in [1.82, 2.24) is 4.90 Å². The first-order chi connectivity index (χ1) is 9.24. The van der Waals surface area contributed by atoms with Gasteiger partial charge in [0.1, 0.15) is 5.82 Å². The average Bonchev–Trinajstić information content (AvgIpc) is 3.20. The summed E-state index contributed by atoms with van der Waals surface area (Å²) in [6.07, 6.45) is -0.466. The molecule has 0 aliphatic carbocycles. The summed E-state index contributed by atoms with van der Waals surface area (Å²) in [4.78, 5) is 2.19. The largest absolute Gasteiger partial charge is 0.387 e. The smallest absolute Gasteiger partial charge is 0.123 e. The Hall–Kier alpha value is -1.71. The lowest BCUT2D eigenvalue weighted by atomic mass is 10.1. The van der Waals surface area contributed by atoms with Gasteiger partial charge in [-0.05, 0) is 23.3 Å². The maximum absolute atomic E-state index is 12.8. The molecule has 3 atom stereocenters. The fraction of sp³-hybridized carbons (Fsp3) is 0.250. The van der Waals surface area contributed by atoms with E-state index in [2.05, 4.69) is 4.90 Å². The van der Waals surface area contributed by atoms with E-state index in [0.29, 0.717) is 12.6 Å². The minimum Gasteiger partial charge on any atom is -0.387 e. The van der Waals surface area contributed by atoms with Gasteiger partial charge in [-0.25, -0.2) is 4.39 Å². The van der Waals surface area contributed by atoms with Crippen molar-refractivity contribution in [3.63, 3.8) is 0 Å². The second-order valence-electron chi connectivity index (χ2n) is 4.95. The molecule has 19 heavy (non-hydrogen) atoms. The van der Waals surface area contributed by atoms with Gasteiger partial charge < -0.3 is 5.11 Å². The Morgan fingerprint density at radius 1 is 1.11 bits per heavy atom. The minimum absolute atomic E-state index is 0.208. The van der Waals surface area contributed by atoms with Crippen LogP contribution in [0.25, 0.3) is 0 Å². The average molecular weight is 257 g/mol. The summed E-state index contributed by atoms with van der Waals surface area (Å²) in [5, 5.41) is 10.1. The lowest BCUT2D eigenvalue weighted by Gasteiger charge is -2.12. The normalized spacial score (nSPS) is 23.1. The van der Waals surface area contributed by atoms with Gasteiger partial charge in [0.15, 0.2) is 0 Å². The number of rotatable bonds is 4. The molecule has 3 heteroatoms. The first-order valence-electron chi connectivity index (χ1n) is 6.46. The molecule has 98 valence electrons. The Morgan fingerprint density at radius 3 is 2.47 bits per heavy atom. The lowest BCUT2D eigenvalue weighted by molar-refractivity contribution is 0.153. The van der Waals surface area contributed by atoms with Gasteiger partial charge in [-0.1, -0.05) is 42.5 Å². The van der Waals surface area contributed by atoms with E-state index in [0.717, 1.165) is 17.7 Å². The molecule has 1 heterocycles. The SMILES string of the molecule is OC(CN1CC1c1ccc(F)cc1)c1ccccc1. The third-order valence-corrected chi connectivity index (χ3v) is 3.56. The minimum atomic E-state index is -0.466. The van der Waals surface area contributed by atoms with Crippen molar-refractivity contribution in [2.75, 3.05) is 13.1 Å². The molecule has 0 bridgehead atoms. The summed E-state index contributed by atoms with van der Waals surface area (Å²) in [6.45, 7) is 1.54. The molecule has 0 spiro atoms. The van der Waals surface area contributed by atoms with E-state index < -0.39 is 6.10 Å². The molecule has 2 aromatic rings. The van der Waals surface area contributed by atoms with Crippen LogP contribution in [0.15, 0.2) is 54.6 Å². The number of hydrogen-bond donors (Lipinski definition) is 1. The Balaban J connectivity index is 1.60. The molecule has 0 amide bonds. The number of nitrogens with zero attached hydrogens (tertiary/aromatic N) is 1. The fourth-order valence-corrected chi connectivity index (χ4v) is 2.38. The predicted molar refractivity (Wildman–Crippen MR) is 72.1 cm³/mol. The van der Waals surface area contributed by atoms with E-state index in [4.69, 9.17) is 0 Å². The van der Waals surface area contributed by atoms with E-state index in [-0.39, 0.29) is 5.82 Å². The highest BCUT2D eigenvalue weighted by Gasteiger charge is 2.36. The zero-order valence-corrected chi connectivity index (χ0v) is 10.5. The maximum atomic E-state index is 12.8. The molecular weight excluding hydrogens is 241 g/mol. The summed E-state index contributed by atoms with van der Waals surface area (Å²) >= 11 is 0. The van der Waals surface area contributed by atoms with Gasteiger partial charge in [0, 0.05) is 19.1 Å². The molecule has 1 aliphatic heterocycles. The topological polar surface area (TPSA) is 23.2 Å². The van der Waals surface area contributed by atoms with Gasteiger partial charge >= 0.3 is 0 Å². The molecule has 1 saturated heterocycles. The molecule has 1 aliphatic rings. The zero-order chi connectivity index (χ0) is 13.2. The number of hydrogen-bond acceptors (Lipinski definition) is 2. The molecule has 0 radical (unpaired) electrons. The molecule has 0 aromatic heterocycles. The van der Waals surface area contributed by atoms with Crippen LogP contribution in [-0.4, -0.2) is 23.1 Å². The standard InChI is InChI=1S/C16H16FNO/c17-14-8-6-12(7-9-14)15-10-18(15)11-16(19)13-4-2-1-3-5-13/h1-9,15-16,19H,10-11H2. The molecule has 2 nitrogen and oxygen atoms in total. The van der Waals surface area contributed by atoms with Crippen LogP contribution in [0.4, 0.5) is 4.39 Å². The van der Waals surface area contributed by atoms with Gasteiger partial charge in [0.25, 0.3) is 0 Å². The Morgan fingerprint density at radius 2 is 1.79 bits per heavy atom. The molecular formula is C16H16FNO. The number of aliphatic hydroxyl groups excluding tert-OH is 1. The molecule has 3 rings (SSSR count). The van der Waals surface area contributed by atoms with Crippen LogP contribution in [-0.2, 0) is 0 Å². The highest BCUT2D eigenvalue weighted by atomic mass is 19.1. The number of halogens is 1. The molecule has 1 N–H and O–H groups in total. The monoisotopic (exact) mass is 257 g/mol. The van der Waals surface area contributed by atoms with E-state index >= 15 is 0 Å². The Labute approximate surface area is 112 Å². The number of aliphatic hydroxyl groups is 1. The van der Waals surface area contributed by atoms with Gasteiger partial charge in [-0.3, -0.25) is 4.90 Å². The van der Waals surface area contributed by atoms with E-state index in [1.54, 1.807) is 0 Å². The van der Waals surface area contributed by atoms with Crippen LogP contribution in [0.1, 0.15) is 23.3 Å². The second-order valence-corrected chi connectivity index (χ2v) is 4.95. The van der Waals surface area contributed by atoms with Gasteiger partial charge in [0.05, 0.1) is 6.10 Å². The summed E-state index contributed by atoms with van der Waals surface area (Å²) in [5.74, 6) is -0.208. The molecule has 0 saturated carbocycles. The van der Waals surface area contributed by atoms with E-state index in [1.807, 2.05) is 42.5 Å². The van der Waals surface area contributed by atoms with Crippen LogP contribution < -0.4 is 0 Å². The third-order valence-electron chi connectivity index (χ3n) is 3.56. The third kappa shape index (κ3) is 2.83. The van der Waals surface area contributed by atoms with Crippen molar-refractivity contribution in [2.45, 2.75) is 12.1 Å². The van der Waals surface area contributed by atoms with Crippen LogP contribution >= 0.6 is 0 Å². The lowest BCUT2D eigenvalue weighted by Crippen LogP contribution is -2.11. The van der Waals surface area contributed by atoms with Crippen molar-refractivity contribution < 1.29 is 9.50 Å². The summed E-state index contributed by atoms with van der Waals surface area (Å²) in [6, 6.07) is 16.6. The first kappa shape index (κ1) is 12.3. The molecule has 1 fully saturated rings. The zero-order valence-electron chi connectivity index (χ0n) is 10.5. The Bertz CT molecular complexity index is 540. The van der Waals surface area contributed by atoms with E-state index in [1.165, 1.54) is 12.1 Å². The fourth-order valence-electron chi connectivity index (χ4n) is 2.38. The second kappa shape index (κ2) is 5.11. The maximum Gasteiger partial charge on any atom is 0.123 e. The van der Waals surface area contributed by atoms with Crippen LogP contribution in [0, 0.1) is 5.82 Å². The first-order valence-corrected chi connectivity index (χ1v) is 6.46. The summed E-state index contributed by atoms with van der Waals surface area (Å²) in [7, 11) is 0. The summed E-state index contributed by atoms with van der Waals surface area (Å²) in [5.41, 5.74) is 2.05. The summed E-state index contributed by atoms with van der Waals surface area (Å²) < 4.78 is 12.8.